The molecule has 0 saturated carbocycles. The Balaban J connectivity index is 2.54. The maximum Gasteiger partial charge on any atom is 0.335 e. The maximum atomic E-state index is 11.0. The Hall–Kier alpha value is -1.04. The van der Waals surface area contributed by atoms with Crippen LogP contribution in [0.15, 0.2) is 23.1 Å². The van der Waals surface area contributed by atoms with Crippen LogP contribution in [0.4, 0.5) is 0 Å². The van der Waals surface area contributed by atoms with Gasteiger partial charge in [0.15, 0.2) is 0 Å². The van der Waals surface area contributed by atoms with Crippen LogP contribution in [0, 0.1) is 6.92 Å². The molecule has 0 heterocycles. The van der Waals surface area contributed by atoms with Crippen LogP contribution >= 0.6 is 11.8 Å². The third-order valence-electron chi connectivity index (χ3n) is 2.50. The minimum Gasteiger partial charge on any atom is -0.478 e. The van der Waals surface area contributed by atoms with Crippen LogP contribution in [0.1, 0.15) is 29.8 Å². The molecule has 4 nitrogen and oxygen atoms in total. The quantitative estimate of drug-likeness (QED) is 0.753. The number of thioether (sulfide) groups is 1. The molecule has 0 fully saturated rings. The number of carboxylic acid groups (broad SMARTS) is 1. The minimum atomic E-state index is -0.927. The van der Waals surface area contributed by atoms with Gasteiger partial charge in [0, 0.05) is 10.6 Å². The number of hydrogen-bond acceptors (Lipinski definition) is 4. The SMILES string of the molecule is Cc1ccc(SCC(O)COC(C)C)cc1C(=O)O. The van der Waals surface area contributed by atoms with Crippen LogP contribution in [0.5, 0.6) is 0 Å². The number of carboxylic acids is 1. The summed E-state index contributed by atoms with van der Waals surface area (Å²) in [5.74, 6) is -0.446. The highest BCUT2D eigenvalue weighted by molar-refractivity contribution is 7.99. The number of aliphatic hydroxyl groups is 1. The molecular formula is C14H20O4S. The first-order chi connectivity index (χ1) is 8.90. The molecule has 0 saturated heterocycles. The third-order valence-corrected chi connectivity index (χ3v) is 3.64. The molecule has 0 aliphatic heterocycles. The zero-order chi connectivity index (χ0) is 14.4. The van der Waals surface area contributed by atoms with Crippen molar-refractivity contribution in [1.82, 2.24) is 0 Å². The van der Waals surface area contributed by atoms with E-state index in [2.05, 4.69) is 0 Å². The molecule has 0 aliphatic carbocycles. The molecule has 0 spiro atoms. The summed E-state index contributed by atoms with van der Waals surface area (Å²) in [6.07, 6.45) is -0.459. The molecule has 1 aromatic carbocycles. The number of rotatable bonds is 7. The van der Waals surface area contributed by atoms with Gasteiger partial charge >= 0.3 is 5.97 Å². The Morgan fingerprint density at radius 3 is 2.68 bits per heavy atom. The fourth-order valence-corrected chi connectivity index (χ4v) is 2.31. The highest BCUT2D eigenvalue weighted by Crippen LogP contribution is 2.22. The lowest BCUT2D eigenvalue weighted by Gasteiger charge is -2.13. The van der Waals surface area contributed by atoms with E-state index >= 15 is 0 Å². The summed E-state index contributed by atoms with van der Waals surface area (Å²) in [7, 11) is 0. The fourth-order valence-electron chi connectivity index (χ4n) is 1.47. The first-order valence-electron chi connectivity index (χ1n) is 6.16. The van der Waals surface area contributed by atoms with E-state index < -0.39 is 12.1 Å². The van der Waals surface area contributed by atoms with E-state index in [-0.39, 0.29) is 6.10 Å². The second-order valence-electron chi connectivity index (χ2n) is 4.63. The van der Waals surface area contributed by atoms with Gasteiger partial charge in [-0.2, -0.15) is 0 Å². The molecule has 1 aromatic rings. The summed E-state index contributed by atoms with van der Waals surface area (Å²) >= 11 is 1.43. The average Bonchev–Trinajstić information content (AvgIpc) is 2.35. The number of carbonyl (C=O) groups is 1. The number of aromatic carboxylic acids is 1. The molecule has 5 heteroatoms. The summed E-state index contributed by atoms with van der Waals surface area (Å²) in [5, 5.41) is 18.8. The summed E-state index contributed by atoms with van der Waals surface area (Å²) in [6.45, 7) is 5.89. The molecule has 1 unspecified atom stereocenters. The zero-order valence-corrected chi connectivity index (χ0v) is 12.2. The van der Waals surface area contributed by atoms with Crippen molar-refractivity contribution in [2.75, 3.05) is 12.4 Å². The van der Waals surface area contributed by atoms with Gasteiger partial charge in [0.2, 0.25) is 0 Å². The predicted molar refractivity (Wildman–Crippen MR) is 76.0 cm³/mol. The van der Waals surface area contributed by atoms with Gasteiger partial charge in [-0.3, -0.25) is 0 Å². The van der Waals surface area contributed by atoms with E-state index in [1.165, 1.54) is 11.8 Å². The topological polar surface area (TPSA) is 66.8 Å². The predicted octanol–water partition coefficient (Wildman–Crippen LogP) is 2.57. The van der Waals surface area contributed by atoms with Crippen LogP contribution in [0.2, 0.25) is 0 Å². The first kappa shape index (κ1) is 16.0. The molecule has 2 N–H and O–H groups in total. The molecule has 0 bridgehead atoms. The van der Waals surface area contributed by atoms with E-state index in [0.29, 0.717) is 17.9 Å². The molecule has 0 radical (unpaired) electrons. The van der Waals surface area contributed by atoms with Crippen molar-refractivity contribution in [2.45, 2.75) is 37.9 Å². The van der Waals surface area contributed by atoms with Gasteiger partial charge in [0.1, 0.15) is 0 Å². The van der Waals surface area contributed by atoms with Gasteiger partial charge in [-0.25, -0.2) is 4.79 Å². The van der Waals surface area contributed by atoms with Crippen LogP contribution in [0.3, 0.4) is 0 Å². The molecule has 19 heavy (non-hydrogen) atoms. The molecule has 106 valence electrons. The monoisotopic (exact) mass is 284 g/mol. The third kappa shape index (κ3) is 5.63. The van der Waals surface area contributed by atoms with Gasteiger partial charge in [-0.05, 0) is 38.5 Å². The highest BCUT2D eigenvalue weighted by Gasteiger charge is 2.10. The summed E-state index contributed by atoms with van der Waals surface area (Å²) in [6, 6.07) is 5.28. The van der Waals surface area contributed by atoms with Crippen LogP contribution in [-0.2, 0) is 4.74 Å². The van der Waals surface area contributed by atoms with Crippen LogP contribution in [-0.4, -0.2) is 40.8 Å². The van der Waals surface area contributed by atoms with E-state index in [1.54, 1.807) is 19.1 Å². The lowest BCUT2D eigenvalue weighted by Crippen LogP contribution is -2.20. The average molecular weight is 284 g/mol. The first-order valence-corrected chi connectivity index (χ1v) is 7.15. The number of aryl methyl sites for hydroxylation is 1. The lowest BCUT2D eigenvalue weighted by molar-refractivity contribution is 0.0152. The van der Waals surface area contributed by atoms with E-state index in [1.807, 2.05) is 19.9 Å². The molecular weight excluding hydrogens is 264 g/mol. The van der Waals surface area contributed by atoms with Gasteiger partial charge in [0.25, 0.3) is 0 Å². The van der Waals surface area contributed by atoms with Gasteiger partial charge in [-0.15, -0.1) is 11.8 Å². The Morgan fingerprint density at radius 1 is 1.42 bits per heavy atom. The van der Waals surface area contributed by atoms with Gasteiger partial charge < -0.3 is 14.9 Å². The largest absolute Gasteiger partial charge is 0.478 e. The number of hydrogen-bond donors (Lipinski definition) is 2. The smallest absolute Gasteiger partial charge is 0.335 e. The van der Waals surface area contributed by atoms with Gasteiger partial charge in [-0.1, -0.05) is 6.07 Å². The zero-order valence-electron chi connectivity index (χ0n) is 11.4. The number of benzene rings is 1. The van der Waals surface area contributed by atoms with Crippen molar-refractivity contribution < 1.29 is 19.7 Å². The Kier molecular flexibility index (Phi) is 6.34. The van der Waals surface area contributed by atoms with E-state index in [4.69, 9.17) is 9.84 Å². The van der Waals surface area contributed by atoms with Crippen molar-refractivity contribution in [3.8, 4) is 0 Å². The summed E-state index contributed by atoms with van der Waals surface area (Å²) in [4.78, 5) is 11.9. The van der Waals surface area contributed by atoms with Crippen molar-refractivity contribution >= 4 is 17.7 Å². The fraction of sp³-hybridized carbons (Fsp3) is 0.500. The standard InChI is InChI=1S/C14H20O4S/c1-9(2)18-7-11(15)8-19-12-5-4-10(3)13(6-12)14(16)17/h4-6,9,11,15H,7-8H2,1-3H3,(H,16,17). The molecule has 1 atom stereocenters. The van der Waals surface area contributed by atoms with E-state index in [9.17, 15) is 9.90 Å². The van der Waals surface area contributed by atoms with E-state index in [0.717, 1.165) is 10.5 Å². The van der Waals surface area contributed by atoms with Crippen molar-refractivity contribution in [3.05, 3.63) is 29.3 Å². The van der Waals surface area contributed by atoms with Gasteiger partial charge in [0.05, 0.1) is 24.4 Å². The highest BCUT2D eigenvalue weighted by atomic mass is 32.2. The molecule has 1 rings (SSSR count). The van der Waals surface area contributed by atoms with Crippen molar-refractivity contribution in [3.63, 3.8) is 0 Å². The Bertz CT molecular complexity index is 431. The summed E-state index contributed by atoms with van der Waals surface area (Å²) in [5.41, 5.74) is 1.04. The van der Waals surface area contributed by atoms with Crippen LogP contribution < -0.4 is 0 Å². The molecule has 0 amide bonds. The maximum absolute atomic E-state index is 11.0. The minimum absolute atomic E-state index is 0.0950. The van der Waals surface area contributed by atoms with Crippen LogP contribution in [0.25, 0.3) is 0 Å². The normalized spacial score (nSPS) is 12.7. The summed E-state index contributed by atoms with van der Waals surface area (Å²) < 4.78 is 5.32. The second-order valence-corrected chi connectivity index (χ2v) is 5.72. The Morgan fingerprint density at radius 2 is 2.11 bits per heavy atom. The number of ether oxygens (including phenoxy) is 1. The number of aliphatic hydroxyl groups excluding tert-OH is 1. The van der Waals surface area contributed by atoms with Crippen molar-refractivity contribution in [1.29, 1.82) is 0 Å². The second kappa shape index (κ2) is 7.53. The molecule has 0 aromatic heterocycles. The van der Waals surface area contributed by atoms with Crippen molar-refractivity contribution in [2.24, 2.45) is 0 Å². The lowest BCUT2D eigenvalue weighted by atomic mass is 10.1. The molecule has 0 aliphatic rings. The Labute approximate surface area is 117 Å².